The van der Waals surface area contributed by atoms with Crippen LogP contribution >= 0.6 is 23.2 Å². The summed E-state index contributed by atoms with van der Waals surface area (Å²) in [4.78, 5) is 16.1. The highest BCUT2D eigenvalue weighted by Crippen LogP contribution is 2.46. The van der Waals surface area contributed by atoms with Gasteiger partial charge in [0.15, 0.2) is 0 Å². The summed E-state index contributed by atoms with van der Waals surface area (Å²) in [5.41, 5.74) is 3.84. The van der Waals surface area contributed by atoms with Gasteiger partial charge in [0.25, 0.3) is 0 Å². The molecule has 198 valence electrons. The maximum atomic E-state index is 15.0. The lowest BCUT2D eigenvalue weighted by atomic mass is 10.0. The van der Waals surface area contributed by atoms with Crippen LogP contribution in [0.5, 0.6) is 0 Å². The smallest absolute Gasteiger partial charge is 0.337 e. The highest BCUT2D eigenvalue weighted by molar-refractivity contribution is 6.39. The van der Waals surface area contributed by atoms with Crippen LogP contribution in [0.3, 0.4) is 0 Å². The summed E-state index contributed by atoms with van der Waals surface area (Å²) in [6.45, 7) is 3.95. The number of aromatic nitrogens is 2. The lowest BCUT2D eigenvalue weighted by molar-refractivity contribution is 0.0698. The zero-order valence-corrected chi connectivity index (χ0v) is 22.4. The number of nitrogens with zero attached hydrogens (tertiary/aromatic N) is 4. The highest BCUT2D eigenvalue weighted by Gasteiger charge is 2.33. The fourth-order valence-corrected chi connectivity index (χ4v) is 6.02. The van der Waals surface area contributed by atoms with Gasteiger partial charge in [-0.15, -0.1) is 0 Å². The van der Waals surface area contributed by atoms with Crippen LogP contribution in [0.2, 0.25) is 10.0 Å². The van der Waals surface area contributed by atoms with Crippen LogP contribution < -0.4 is 4.90 Å². The fraction of sp³-hybridized carbons (Fsp3) is 0.357. The van der Waals surface area contributed by atoms with E-state index in [1.54, 1.807) is 11.6 Å². The van der Waals surface area contributed by atoms with Gasteiger partial charge in [-0.25, -0.2) is 9.18 Å². The molecule has 2 aromatic heterocycles. The lowest BCUT2D eigenvalue weighted by Crippen LogP contribution is -2.47. The second-order valence-corrected chi connectivity index (χ2v) is 10.9. The summed E-state index contributed by atoms with van der Waals surface area (Å²) in [7, 11) is 1.74. The zero-order chi connectivity index (χ0) is 26.6. The number of carboxylic acid groups (broad SMARTS) is 1. The van der Waals surface area contributed by atoms with Crippen molar-refractivity contribution in [1.82, 2.24) is 14.6 Å². The predicted molar refractivity (Wildman–Crippen MR) is 146 cm³/mol. The van der Waals surface area contributed by atoms with E-state index in [1.807, 2.05) is 24.3 Å². The molecule has 7 nitrogen and oxygen atoms in total. The first kappa shape index (κ1) is 25.2. The van der Waals surface area contributed by atoms with Gasteiger partial charge >= 0.3 is 5.97 Å². The van der Waals surface area contributed by atoms with Gasteiger partial charge in [0.05, 0.1) is 26.5 Å². The first-order valence-electron chi connectivity index (χ1n) is 12.7. The molecule has 0 radical (unpaired) electrons. The van der Waals surface area contributed by atoms with Crippen LogP contribution in [-0.4, -0.2) is 58.4 Å². The Morgan fingerprint density at radius 2 is 1.87 bits per heavy atom. The normalized spacial score (nSPS) is 16.5. The molecule has 0 amide bonds. The molecule has 1 N–H and O–H groups in total. The largest absolute Gasteiger partial charge is 0.478 e. The highest BCUT2D eigenvalue weighted by atomic mass is 35.5. The number of halogens is 3. The lowest BCUT2D eigenvalue weighted by Gasteiger charge is -2.36. The quantitative estimate of drug-likeness (QED) is 0.291. The Kier molecular flexibility index (Phi) is 6.58. The Labute approximate surface area is 229 Å². The minimum atomic E-state index is -1.13. The molecule has 0 spiro atoms. The fourth-order valence-electron chi connectivity index (χ4n) is 5.45. The van der Waals surface area contributed by atoms with Crippen molar-refractivity contribution in [2.75, 3.05) is 37.6 Å². The van der Waals surface area contributed by atoms with E-state index in [1.165, 1.54) is 12.3 Å². The van der Waals surface area contributed by atoms with E-state index >= 15 is 0 Å². The summed E-state index contributed by atoms with van der Waals surface area (Å²) in [6, 6.07) is 8.77. The summed E-state index contributed by atoms with van der Waals surface area (Å²) in [5, 5.41) is 15.1. The molecule has 2 aliphatic rings. The van der Waals surface area contributed by atoms with Crippen molar-refractivity contribution in [3.63, 3.8) is 0 Å². The molecule has 3 heterocycles. The molecule has 1 aliphatic heterocycles. The number of aryl methyl sites for hydroxylation is 1. The molecule has 1 saturated heterocycles. The summed E-state index contributed by atoms with van der Waals surface area (Å²) < 4.78 is 22.5. The van der Waals surface area contributed by atoms with Gasteiger partial charge < -0.3 is 19.1 Å². The van der Waals surface area contributed by atoms with E-state index in [9.17, 15) is 14.3 Å². The number of rotatable bonds is 7. The van der Waals surface area contributed by atoms with Crippen molar-refractivity contribution in [2.24, 2.45) is 7.05 Å². The predicted octanol–water partition coefficient (Wildman–Crippen LogP) is 6.22. The van der Waals surface area contributed by atoms with Gasteiger partial charge in [0.1, 0.15) is 17.3 Å². The average molecular weight is 557 g/mol. The van der Waals surface area contributed by atoms with Gasteiger partial charge in [0.2, 0.25) is 0 Å². The molecule has 0 bridgehead atoms. The maximum absolute atomic E-state index is 15.0. The van der Waals surface area contributed by atoms with E-state index in [0.29, 0.717) is 21.5 Å². The van der Waals surface area contributed by atoms with Crippen LogP contribution in [0.25, 0.3) is 22.2 Å². The molecule has 6 rings (SSSR count). The zero-order valence-electron chi connectivity index (χ0n) is 20.9. The number of benzene rings is 2. The third-order valence-corrected chi connectivity index (χ3v) is 8.27. The van der Waals surface area contributed by atoms with Gasteiger partial charge in [-0.3, -0.25) is 4.90 Å². The van der Waals surface area contributed by atoms with Crippen molar-refractivity contribution >= 4 is 45.8 Å². The SMILES string of the molecule is Cn1cc(C(=O)O)c2c(F)cc(N3CCN(CCc4c(-c5c(Cl)cccc5Cl)noc4C4CC4)CC3)cc21. The van der Waals surface area contributed by atoms with Crippen molar-refractivity contribution in [1.29, 1.82) is 0 Å². The van der Waals surface area contributed by atoms with Crippen molar-refractivity contribution in [3.05, 3.63) is 69.3 Å². The summed E-state index contributed by atoms with van der Waals surface area (Å²) in [6.07, 6.45) is 4.44. The van der Waals surface area contributed by atoms with E-state index in [-0.39, 0.29) is 10.9 Å². The average Bonchev–Trinajstić information content (AvgIpc) is 3.56. The Balaban J connectivity index is 1.17. The molecule has 2 aromatic carbocycles. The molecule has 1 aliphatic carbocycles. The summed E-state index contributed by atoms with van der Waals surface area (Å²) >= 11 is 13.0. The first-order chi connectivity index (χ1) is 18.3. The molecule has 0 atom stereocenters. The van der Waals surface area contributed by atoms with Crippen LogP contribution in [0.4, 0.5) is 10.1 Å². The van der Waals surface area contributed by atoms with Gasteiger partial charge in [-0.2, -0.15) is 0 Å². The molecule has 38 heavy (non-hydrogen) atoms. The third kappa shape index (κ3) is 4.55. The molecule has 0 unspecified atom stereocenters. The van der Waals surface area contributed by atoms with Gasteiger partial charge in [0, 0.05) is 68.7 Å². The van der Waals surface area contributed by atoms with Crippen LogP contribution in [0, 0.1) is 5.82 Å². The topological polar surface area (TPSA) is 74.7 Å². The van der Waals surface area contributed by atoms with E-state index < -0.39 is 11.8 Å². The molecule has 1 saturated carbocycles. The van der Waals surface area contributed by atoms with E-state index in [2.05, 4.69) is 15.0 Å². The first-order valence-corrected chi connectivity index (χ1v) is 13.5. The number of anilines is 1. The maximum Gasteiger partial charge on any atom is 0.337 e. The molecule has 10 heteroatoms. The Morgan fingerprint density at radius 3 is 2.53 bits per heavy atom. The van der Waals surface area contributed by atoms with E-state index in [0.717, 1.165) is 80.3 Å². The third-order valence-electron chi connectivity index (χ3n) is 7.64. The summed E-state index contributed by atoms with van der Waals surface area (Å²) in [5.74, 6) is -0.285. The van der Waals surface area contributed by atoms with Gasteiger partial charge in [-0.05, 0) is 43.5 Å². The Morgan fingerprint density at radius 1 is 1.16 bits per heavy atom. The molecular weight excluding hydrogens is 530 g/mol. The van der Waals surface area contributed by atoms with E-state index in [4.69, 9.17) is 27.7 Å². The molecule has 2 fully saturated rings. The standard InChI is InChI=1S/C28H27Cl2FN4O3/c1-33-15-19(28(36)37)24-22(31)13-17(14-23(24)33)35-11-9-34(10-12-35)8-7-18-26(32-38-27(18)16-5-6-16)25-20(29)3-2-4-21(25)30/h2-4,13-16H,5-12H2,1H3,(H,36,37). The minimum Gasteiger partial charge on any atom is -0.478 e. The number of carbonyl (C=O) groups is 1. The number of aromatic carboxylic acids is 1. The van der Waals surface area contributed by atoms with Crippen LogP contribution in [-0.2, 0) is 13.5 Å². The second kappa shape index (κ2) is 9.91. The Bertz CT molecular complexity index is 1520. The number of hydrogen-bond donors (Lipinski definition) is 1. The van der Waals surface area contributed by atoms with Crippen molar-refractivity contribution in [2.45, 2.75) is 25.2 Å². The number of hydrogen-bond acceptors (Lipinski definition) is 5. The van der Waals surface area contributed by atoms with Crippen LogP contribution in [0.1, 0.15) is 40.4 Å². The second-order valence-electron chi connectivity index (χ2n) is 10.1. The van der Waals surface area contributed by atoms with Crippen molar-refractivity contribution < 1.29 is 18.8 Å². The van der Waals surface area contributed by atoms with Crippen molar-refractivity contribution in [3.8, 4) is 11.3 Å². The monoisotopic (exact) mass is 556 g/mol. The minimum absolute atomic E-state index is 0.0203. The van der Waals surface area contributed by atoms with Gasteiger partial charge in [-0.1, -0.05) is 34.4 Å². The molecular formula is C28H27Cl2FN4O3. The molecule has 4 aromatic rings. The Hall–Kier alpha value is -3.07. The number of piperazine rings is 1. The number of carboxylic acids is 1. The number of fused-ring (bicyclic) bond motifs is 1. The van der Waals surface area contributed by atoms with Crippen LogP contribution in [0.15, 0.2) is 41.1 Å².